The van der Waals surface area contributed by atoms with E-state index in [0.29, 0.717) is 27.6 Å². The minimum atomic E-state index is -0.683. The summed E-state index contributed by atoms with van der Waals surface area (Å²) in [6, 6.07) is 12.8. The Morgan fingerprint density at radius 2 is 1.67 bits per heavy atom. The van der Waals surface area contributed by atoms with Gasteiger partial charge in [-0.05, 0) is 48.5 Å². The monoisotopic (exact) mass is 342 g/mol. The Morgan fingerprint density at radius 3 is 2.29 bits per heavy atom. The van der Waals surface area contributed by atoms with Crippen LogP contribution < -0.4 is 10.5 Å². The molecule has 0 aliphatic rings. The van der Waals surface area contributed by atoms with Crippen LogP contribution in [-0.2, 0) is 0 Å². The van der Waals surface area contributed by atoms with E-state index in [1.54, 1.807) is 48.5 Å². The minimum absolute atomic E-state index is 0.0425. The highest BCUT2D eigenvalue weighted by molar-refractivity contribution is 6.30. The van der Waals surface area contributed by atoms with Gasteiger partial charge in [0.2, 0.25) is 0 Å². The number of benzene rings is 2. The quantitative estimate of drug-likeness (QED) is 0.558. The van der Waals surface area contributed by atoms with E-state index in [9.17, 15) is 9.59 Å². The van der Waals surface area contributed by atoms with E-state index in [2.05, 4.69) is 15.4 Å². The molecule has 2 aromatic carbocycles. The number of H-pyrrole nitrogens is 1. The predicted molar refractivity (Wildman–Crippen MR) is 86.7 cm³/mol. The summed E-state index contributed by atoms with van der Waals surface area (Å²) in [5, 5.41) is 10.5. The van der Waals surface area contributed by atoms with Crippen LogP contribution in [0.2, 0.25) is 5.02 Å². The summed E-state index contributed by atoms with van der Waals surface area (Å²) in [4.78, 5) is 23.3. The maximum absolute atomic E-state index is 12.0. The van der Waals surface area contributed by atoms with Gasteiger partial charge < -0.3 is 10.5 Å². The topological polar surface area (TPSA) is 111 Å². The smallest absolute Gasteiger partial charge is 0.343 e. The number of rotatable bonds is 4. The zero-order chi connectivity index (χ0) is 17.1. The number of hydrogen-bond acceptors (Lipinski definition) is 5. The molecule has 3 aromatic rings. The van der Waals surface area contributed by atoms with E-state index >= 15 is 0 Å². The number of carbonyl (C=O) groups excluding carboxylic acids is 2. The molecule has 0 radical (unpaired) electrons. The maximum atomic E-state index is 12.0. The Morgan fingerprint density at radius 1 is 1.00 bits per heavy atom. The number of esters is 1. The summed E-state index contributed by atoms with van der Waals surface area (Å²) in [6.45, 7) is 0. The van der Waals surface area contributed by atoms with Gasteiger partial charge >= 0.3 is 5.97 Å². The summed E-state index contributed by atoms with van der Waals surface area (Å²) >= 11 is 5.78. The third-order valence-corrected chi connectivity index (χ3v) is 3.45. The largest absolute Gasteiger partial charge is 0.423 e. The van der Waals surface area contributed by atoms with Gasteiger partial charge in [0, 0.05) is 10.6 Å². The van der Waals surface area contributed by atoms with E-state index in [4.69, 9.17) is 22.1 Å². The number of aromatic nitrogens is 3. The average Bonchev–Trinajstić information content (AvgIpc) is 3.06. The highest BCUT2D eigenvalue weighted by atomic mass is 35.5. The molecule has 7 nitrogen and oxygen atoms in total. The van der Waals surface area contributed by atoms with E-state index in [-0.39, 0.29) is 5.69 Å². The SMILES string of the molecule is NC(=O)c1n[nH]nc1-c1ccc(OC(=O)c2ccc(Cl)cc2)cc1. The number of nitrogens with zero attached hydrogens (tertiary/aromatic N) is 2. The second-order valence-electron chi connectivity index (χ2n) is 4.81. The first-order chi connectivity index (χ1) is 11.5. The average molecular weight is 343 g/mol. The first kappa shape index (κ1) is 15.7. The first-order valence-corrected chi connectivity index (χ1v) is 7.21. The Kier molecular flexibility index (Phi) is 4.26. The Hall–Kier alpha value is -3.19. The minimum Gasteiger partial charge on any atom is -0.423 e. The molecular formula is C16H11ClN4O3. The Labute approximate surface area is 141 Å². The highest BCUT2D eigenvalue weighted by Crippen LogP contribution is 2.23. The van der Waals surface area contributed by atoms with Crippen molar-refractivity contribution in [3.63, 3.8) is 0 Å². The third kappa shape index (κ3) is 3.26. The number of hydrogen-bond donors (Lipinski definition) is 2. The molecule has 0 atom stereocenters. The molecular weight excluding hydrogens is 332 g/mol. The lowest BCUT2D eigenvalue weighted by Gasteiger charge is -2.05. The zero-order valence-electron chi connectivity index (χ0n) is 12.2. The molecule has 0 spiro atoms. The lowest BCUT2D eigenvalue weighted by Crippen LogP contribution is -2.12. The van der Waals surface area contributed by atoms with E-state index in [0.717, 1.165) is 0 Å². The molecule has 24 heavy (non-hydrogen) atoms. The van der Waals surface area contributed by atoms with Crippen LogP contribution in [0.25, 0.3) is 11.3 Å². The van der Waals surface area contributed by atoms with Crippen LogP contribution in [0.1, 0.15) is 20.8 Å². The summed E-state index contributed by atoms with van der Waals surface area (Å²) < 4.78 is 5.27. The number of primary amides is 1. The number of carbonyl (C=O) groups is 2. The van der Waals surface area contributed by atoms with Gasteiger partial charge in [-0.1, -0.05) is 11.6 Å². The lowest BCUT2D eigenvalue weighted by molar-refractivity contribution is 0.0734. The second kappa shape index (κ2) is 6.51. The fourth-order valence-corrected chi connectivity index (χ4v) is 2.16. The molecule has 1 aromatic heterocycles. The molecule has 3 N–H and O–H groups in total. The maximum Gasteiger partial charge on any atom is 0.343 e. The molecule has 3 rings (SSSR count). The Balaban J connectivity index is 1.77. The second-order valence-corrected chi connectivity index (χ2v) is 5.24. The highest BCUT2D eigenvalue weighted by Gasteiger charge is 2.15. The number of ether oxygens (including phenoxy) is 1. The van der Waals surface area contributed by atoms with Crippen LogP contribution in [0.15, 0.2) is 48.5 Å². The van der Waals surface area contributed by atoms with E-state index < -0.39 is 11.9 Å². The zero-order valence-corrected chi connectivity index (χ0v) is 12.9. The van der Waals surface area contributed by atoms with Gasteiger partial charge in [-0.25, -0.2) is 4.79 Å². The molecule has 0 bridgehead atoms. The van der Waals surface area contributed by atoms with Crippen LogP contribution in [0.5, 0.6) is 5.75 Å². The fraction of sp³-hybridized carbons (Fsp3) is 0. The first-order valence-electron chi connectivity index (χ1n) is 6.83. The van der Waals surface area contributed by atoms with Crippen LogP contribution in [-0.4, -0.2) is 27.3 Å². The van der Waals surface area contributed by atoms with Gasteiger partial charge in [-0.3, -0.25) is 4.79 Å². The molecule has 0 fully saturated rings. The number of halogens is 1. The summed E-state index contributed by atoms with van der Waals surface area (Å²) in [5.41, 5.74) is 6.60. The van der Waals surface area contributed by atoms with Crippen LogP contribution >= 0.6 is 11.6 Å². The molecule has 0 aliphatic carbocycles. The van der Waals surface area contributed by atoms with Crippen LogP contribution in [0.4, 0.5) is 0 Å². The normalized spacial score (nSPS) is 10.4. The van der Waals surface area contributed by atoms with Crippen LogP contribution in [0.3, 0.4) is 0 Å². The predicted octanol–water partition coefficient (Wildman–Crippen LogP) is 2.44. The fourth-order valence-electron chi connectivity index (χ4n) is 2.04. The molecule has 0 saturated carbocycles. The summed E-state index contributed by atoms with van der Waals surface area (Å²) in [5.74, 6) is -0.835. The number of amides is 1. The number of nitrogens with one attached hydrogen (secondary N) is 1. The summed E-state index contributed by atoms with van der Waals surface area (Å²) in [6.07, 6.45) is 0. The van der Waals surface area contributed by atoms with Crippen molar-refractivity contribution in [3.8, 4) is 17.0 Å². The van der Waals surface area contributed by atoms with Crippen molar-refractivity contribution in [3.05, 3.63) is 64.8 Å². The lowest BCUT2D eigenvalue weighted by atomic mass is 10.1. The van der Waals surface area contributed by atoms with Gasteiger partial charge in [0.1, 0.15) is 11.4 Å². The molecule has 0 saturated heterocycles. The van der Waals surface area contributed by atoms with Crippen molar-refractivity contribution in [2.75, 3.05) is 0 Å². The van der Waals surface area contributed by atoms with Gasteiger partial charge in [0.15, 0.2) is 5.69 Å². The number of aromatic amines is 1. The van der Waals surface area contributed by atoms with E-state index in [1.807, 2.05) is 0 Å². The molecule has 0 aliphatic heterocycles. The summed E-state index contributed by atoms with van der Waals surface area (Å²) in [7, 11) is 0. The van der Waals surface area contributed by atoms with Crippen molar-refractivity contribution >= 4 is 23.5 Å². The van der Waals surface area contributed by atoms with Crippen molar-refractivity contribution in [2.45, 2.75) is 0 Å². The standard InChI is InChI=1S/C16H11ClN4O3/c17-11-5-1-10(2-6-11)16(23)24-12-7-3-9(4-8-12)13-14(15(18)22)20-21-19-13/h1-8H,(H2,18,22)(H,19,20,21). The molecule has 1 heterocycles. The van der Waals surface area contributed by atoms with Crippen molar-refractivity contribution in [2.24, 2.45) is 5.73 Å². The van der Waals surface area contributed by atoms with Crippen molar-refractivity contribution in [1.29, 1.82) is 0 Å². The van der Waals surface area contributed by atoms with Gasteiger partial charge in [-0.2, -0.15) is 15.4 Å². The molecule has 1 amide bonds. The van der Waals surface area contributed by atoms with Crippen LogP contribution in [0, 0.1) is 0 Å². The van der Waals surface area contributed by atoms with Crippen molar-refractivity contribution in [1.82, 2.24) is 15.4 Å². The van der Waals surface area contributed by atoms with Gasteiger partial charge in [0.25, 0.3) is 5.91 Å². The van der Waals surface area contributed by atoms with Crippen molar-refractivity contribution < 1.29 is 14.3 Å². The molecule has 120 valence electrons. The molecule has 0 unspecified atom stereocenters. The number of nitrogens with two attached hydrogens (primary N) is 1. The van der Waals surface area contributed by atoms with E-state index in [1.165, 1.54) is 0 Å². The van der Waals surface area contributed by atoms with Gasteiger partial charge in [-0.15, -0.1) is 0 Å². The Bertz CT molecular complexity index is 888. The third-order valence-electron chi connectivity index (χ3n) is 3.20. The van der Waals surface area contributed by atoms with Gasteiger partial charge in [0.05, 0.1) is 5.56 Å². The molecule has 8 heteroatoms.